The quantitative estimate of drug-likeness (QED) is 0.901. The molecule has 1 N–H and O–H groups in total. The van der Waals surface area contributed by atoms with Crippen LogP contribution in [0.25, 0.3) is 0 Å². The number of rotatable bonds is 5. The molecule has 94 valence electrons. The fourth-order valence-corrected chi connectivity index (χ4v) is 2.85. The summed E-state index contributed by atoms with van der Waals surface area (Å²) in [7, 11) is 2.04. The van der Waals surface area contributed by atoms with Crippen molar-refractivity contribution < 1.29 is 4.74 Å². The molecule has 1 fully saturated rings. The van der Waals surface area contributed by atoms with E-state index in [1.807, 2.05) is 7.05 Å². The van der Waals surface area contributed by atoms with Gasteiger partial charge in [0.1, 0.15) is 0 Å². The summed E-state index contributed by atoms with van der Waals surface area (Å²) in [6.07, 6.45) is 5.08. The molecule has 1 heterocycles. The zero-order valence-electron chi connectivity index (χ0n) is 10.3. The van der Waals surface area contributed by atoms with Crippen LogP contribution in [0.3, 0.4) is 0 Å². The van der Waals surface area contributed by atoms with Gasteiger partial charge in [-0.25, -0.2) is 0 Å². The van der Waals surface area contributed by atoms with Crippen LogP contribution in [0.4, 0.5) is 0 Å². The van der Waals surface area contributed by atoms with Gasteiger partial charge in [0.2, 0.25) is 0 Å². The van der Waals surface area contributed by atoms with E-state index in [-0.39, 0.29) is 0 Å². The molecule has 0 aliphatic carbocycles. The fraction of sp³-hybridized carbons (Fsp3) is 0.571. The van der Waals surface area contributed by atoms with E-state index in [9.17, 15) is 0 Å². The van der Waals surface area contributed by atoms with Gasteiger partial charge in [0.15, 0.2) is 0 Å². The normalized spacial score (nSPS) is 21.6. The molecule has 0 bridgehead atoms. The van der Waals surface area contributed by atoms with Crippen molar-refractivity contribution in [2.75, 3.05) is 13.7 Å². The summed E-state index contributed by atoms with van der Waals surface area (Å²) in [6.45, 7) is 0.942. The summed E-state index contributed by atoms with van der Waals surface area (Å²) in [5.74, 6) is 0. The molecule has 17 heavy (non-hydrogen) atoms. The molecule has 1 saturated heterocycles. The third-order valence-electron chi connectivity index (χ3n) is 3.35. The number of hydrogen-bond donors (Lipinski definition) is 1. The van der Waals surface area contributed by atoms with Crippen LogP contribution in [-0.4, -0.2) is 25.8 Å². The molecule has 0 spiro atoms. The first-order chi connectivity index (χ1) is 8.28. The third-order valence-corrected chi connectivity index (χ3v) is 3.84. The minimum absolute atomic E-state index is 0.458. The lowest BCUT2D eigenvalue weighted by Gasteiger charge is -2.20. The van der Waals surface area contributed by atoms with Crippen molar-refractivity contribution in [1.29, 1.82) is 0 Å². The van der Waals surface area contributed by atoms with E-state index >= 15 is 0 Å². The van der Waals surface area contributed by atoms with Crippen molar-refractivity contribution in [1.82, 2.24) is 5.32 Å². The van der Waals surface area contributed by atoms with Gasteiger partial charge in [0.25, 0.3) is 0 Å². The van der Waals surface area contributed by atoms with Gasteiger partial charge in [-0.1, -0.05) is 28.1 Å². The van der Waals surface area contributed by atoms with Crippen LogP contribution in [0.5, 0.6) is 0 Å². The molecule has 2 atom stereocenters. The zero-order chi connectivity index (χ0) is 12.1. The second kappa shape index (κ2) is 6.53. The monoisotopic (exact) mass is 297 g/mol. The Morgan fingerprint density at radius 2 is 2.41 bits per heavy atom. The summed E-state index contributed by atoms with van der Waals surface area (Å²) >= 11 is 3.52. The standard InChI is InChI=1S/C14H20BrNO/c1-16-13(10-14-6-3-7-17-14)9-11-4-2-5-12(15)8-11/h2,4-5,8,13-14,16H,3,6-7,9-10H2,1H3. The summed E-state index contributed by atoms with van der Waals surface area (Å²) < 4.78 is 6.85. The third kappa shape index (κ3) is 4.09. The predicted octanol–water partition coefficient (Wildman–Crippen LogP) is 3.15. The van der Waals surface area contributed by atoms with Crippen molar-refractivity contribution in [3.63, 3.8) is 0 Å². The highest BCUT2D eigenvalue weighted by Gasteiger charge is 2.20. The van der Waals surface area contributed by atoms with E-state index in [1.54, 1.807) is 0 Å². The SMILES string of the molecule is CNC(Cc1cccc(Br)c1)CC1CCCO1. The van der Waals surface area contributed by atoms with Gasteiger partial charge in [-0.2, -0.15) is 0 Å². The van der Waals surface area contributed by atoms with E-state index < -0.39 is 0 Å². The lowest BCUT2D eigenvalue weighted by atomic mass is 9.99. The molecule has 1 aliphatic rings. The Balaban J connectivity index is 1.90. The Morgan fingerprint density at radius 3 is 3.06 bits per heavy atom. The van der Waals surface area contributed by atoms with Gasteiger partial charge in [0.05, 0.1) is 6.10 Å². The van der Waals surface area contributed by atoms with Crippen molar-refractivity contribution in [2.45, 2.75) is 37.8 Å². The van der Waals surface area contributed by atoms with E-state index in [1.165, 1.54) is 18.4 Å². The van der Waals surface area contributed by atoms with Crippen molar-refractivity contribution in [2.24, 2.45) is 0 Å². The Morgan fingerprint density at radius 1 is 1.53 bits per heavy atom. The lowest BCUT2D eigenvalue weighted by Crippen LogP contribution is -2.31. The van der Waals surface area contributed by atoms with Crippen molar-refractivity contribution >= 4 is 15.9 Å². The molecular formula is C14H20BrNO. The number of hydrogen-bond acceptors (Lipinski definition) is 2. The molecule has 0 aromatic heterocycles. The van der Waals surface area contributed by atoms with Gasteiger partial charge in [-0.15, -0.1) is 0 Å². The Kier molecular flexibility index (Phi) is 5.01. The highest BCUT2D eigenvalue weighted by Crippen LogP contribution is 2.19. The molecule has 1 aromatic rings. The second-order valence-electron chi connectivity index (χ2n) is 4.69. The summed E-state index contributed by atoms with van der Waals surface area (Å²) in [6, 6.07) is 9.05. The smallest absolute Gasteiger partial charge is 0.0590 e. The molecule has 2 rings (SSSR count). The fourth-order valence-electron chi connectivity index (χ4n) is 2.40. The molecule has 2 unspecified atom stereocenters. The van der Waals surface area contributed by atoms with Crippen LogP contribution in [-0.2, 0) is 11.2 Å². The molecule has 2 nitrogen and oxygen atoms in total. The largest absolute Gasteiger partial charge is 0.378 e. The van der Waals surface area contributed by atoms with Crippen LogP contribution < -0.4 is 5.32 Å². The van der Waals surface area contributed by atoms with E-state index in [2.05, 4.69) is 45.5 Å². The molecule has 1 aromatic carbocycles. The molecule has 3 heteroatoms. The van der Waals surface area contributed by atoms with Gasteiger partial charge < -0.3 is 10.1 Å². The predicted molar refractivity (Wildman–Crippen MR) is 74.3 cm³/mol. The van der Waals surface area contributed by atoms with Gasteiger partial charge >= 0.3 is 0 Å². The van der Waals surface area contributed by atoms with E-state index in [0.29, 0.717) is 12.1 Å². The number of halogens is 1. The molecule has 0 saturated carbocycles. The average Bonchev–Trinajstić information content (AvgIpc) is 2.81. The van der Waals surface area contributed by atoms with Gasteiger partial charge in [0, 0.05) is 17.1 Å². The summed E-state index contributed by atoms with van der Waals surface area (Å²) in [5.41, 5.74) is 1.37. The second-order valence-corrected chi connectivity index (χ2v) is 5.61. The van der Waals surface area contributed by atoms with Crippen molar-refractivity contribution in [3.05, 3.63) is 34.3 Å². The first-order valence-corrected chi connectivity index (χ1v) is 7.10. The molecule has 0 radical (unpaired) electrons. The highest BCUT2D eigenvalue weighted by molar-refractivity contribution is 9.10. The van der Waals surface area contributed by atoms with Crippen LogP contribution >= 0.6 is 15.9 Å². The Hall–Kier alpha value is -0.380. The van der Waals surface area contributed by atoms with Crippen LogP contribution in [0.1, 0.15) is 24.8 Å². The maximum atomic E-state index is 5.70. The first kappa shape index (κ1) is 13.1. The van der Waals surface area contributed by atoms with E-state index in [4.69, 9.17) is 4.74 Å². The lowest BCUT2D eigenvalue weighted by molar-refractivity contribution is 0.0954. The topological polar surface area (TPSA) is 21.3 Å². The molecular weight excluding hydrogens is 278 g/mol. The van der Waals surface area contributed by atoms with Crippen LogP contribution in [0.2, 0.25) is 0 Å². The number of benzene rings is 1. The van der Waals surface area contributed by atoms with Gasteiger partial charge in [-0.3, -0.25) is 0 Å². The number of likely N-dealkylation sites (N-methyl/N-ethyl adjacent to an activating group) is 1. The average molecular weight is 298 g/mol. The molecule has 1 aliphatic heterocycles. The highest BCUT2D eigenvalue weighted by atomic mass is 79.9. The Bertz CT molecular complexity index is 350. The van der Waals surface area contributed by atoms with E-state index in [0.717, 1.165) is 23.9 Å². The van der Waals surface area contributed by atoms with Crippen LogP contribution in [0, 0.1) is 0 Å². The minimum Gasteiger partial charge on any atom is -0.378 e. The summed E-state index contributed by atoms with van der Waals surface area (Å²) in [4.78, 5) is 0. The minimum atomic E-state index is 0.458. The van der Waals surface area contributed by atoms with Crippen LogP contribution in [0.15, 0.2) is 28.7 Å². The Labute approximate surface area is 112 Å². The van der Waals surface area contributed by atoms with Crippen molar-refractivity contribution in [3.8, 4) is 0 Å². The zero-order valence-corrected chi connectivity index (χ0v) is 11.9. The first-order valence-electron chi connectivity index (χ1n) is 6.31. The summed E-state index contributed by atoms with van der Waals surface area (Å²) in [5, 5.41) is 3.40. The number of ether oxygens (including phenoxy) is 1. The number of nitrogens with one attached hydrogen (secondary N) is 1. The maximum Gasteiger partial charge on any atom is 0.0590 e. The maximum absolute atomic E-state index is 5.70. The van der Waals surface area contributed by atoms with Gasteiger partial charge in [-0.05, 0) is 50.4 Å². The molecule has 0 amide bonds.